The number of anilines is 1. The summed E-state index contributed by atoms with van der Waals surface area (Å²) in [5.41, 5.74) is 6.09. The Labute approximate surface area is 191 Å². The summed E-state index contributed by atoms with van der Waals surface area (Å²) in [6, 6.07) is 13.4. The Morgan fingerprint density at radius 1 is 1.21 bits per heavy atom. The molecule has 4 rings (SSSR count). The van der Waals surface area contributed by atoms with Gasteiger partial charge >= 0.3 is 5.97 Å². The first kappa shape index (κ1) is 22.3. The predicted molar refractivity (Wildman–Crippen MR) is 120 cm³/mol. The molecule has 0 saturated carbocycles. The number of esters is 1. The fourth-order valence-electron chi connectivity index (χ4n) is 3.62. The number of nitrogens with two attached hydrogens (primary N) is 1. The smallest absolute Gasteiger partial charge is 0.346 e. The fraction of sp³-hybridized carbons (Fsp3) is 0.125. The molecule has 33 heavy (non-hydrogen) atoms. The first-order valence-electron chi connectivity index (χ1n) is 9.92. The van der Waals surface area contributed by atoms with Crippen LogP contribution in [-0.2, 0) is 9.53 Å². The molecule has 1 atom stereocenters. The number of fused-ring (bicyclic) bond motifs is 1. The quantitative estimate of drug-likeness (QED) is 0.595. The summed E-state index contributed by atoms with van der Waals surface area (Å²) in [7, 11) is 0. The van der Waals surface area contributed by atoms with Crippen molar-refractivity contribution in [2.75, 3.05) is 12.3 Å². The number of thioether (sulfide) groups is 1. The van der Waals surface area contributed by atoms with E-state index >= 15 is 0 Å². The van der Waals surface area contributed by atoms with Gasteiger partial charge in [-0.1, -0.05) is 48.2 Å². The Morgan fingerprint density at radius 3 is 2.52 bits per heavy atom. The first-order chi connectivity index (χ1) is 15.9. The van der Waals surface area contributed by atoms with Gasteiger partial charge in [-0.2, -0.15) is 5.26 Å². The third-order valence-electron chi connectivity index (χ3n) is 5.10. The minimum absolute atomic E-state index is 0.0216. The summed E-state index contributed by atoms with van der Waals surface area (Å²) in [5, 5.41) is 8.77. The number of nitrogen functional groups attached to an aromatic ring is 1. The topological polar surface area (TPSA) is 98.1 Å². The number of ether oxygens (including phenoxy) is 1. The molecular weight excluding hydrogens is 448 g/mol. The van der Waals surface area contributed by atoms with E-state index in [-0.39, 0.29) is 44.6 Å². The summed E-state index contributed by atoms with van der Waals surface area (Å²) >= 11 is 0.812. The zero-order chi connectivity index (χ0) is 23.7. The molecule has 6 nitrogen and oxygen atoms in total. The van der Waals surface area contributed by atoms with Gasteiger partial charge in [-0.15, -0.1) is 0 Å². The number of halogens is 2. The van der Waals surface area contributed by atoms with Gasteiger partial charge in [0.05, 0.1) is 17.6 Å². The second kappa shape index (κ2) is 8.92. The maximum absolute atomic E-state index is 14.6. The van der Waals surface area contributed by atoms with Gasteiger partial charge < -0.3 is 10.5 Å². The van der Waals surface area contributed by atoms with E-state index in [1.54, 1.807) is 19.1 Å². The molecule has 0 saturated heterocycles. The van der Waals surface area contributed by atoms with Crippen molar-refractivity contribution in [2.45, 2.75) is 12.2 Å². The van der Waals surface area contributed by atoms with E-state index in [9.17, 15) is 23.6 Å². The normalized spacial score (nSPS) is 15.8. The third-order valence-corrected chi connectivity index (χ3v) is 6.39. The van der Waals surface area contributed by atoms with Crippen LogP contribution in [0.2, 0.25) is 0 Å². The van der Waals surface area contributed by atoms with Crippen molar-refractivity contribution in [1.29, 1.82) is 5.26 Å². The lowest BCUT2D eigenvalue weighted by Crippen LogP contribution is -2.42. The van der Waals surface area contributed by atoms with Gasteiger partial charge in [0.1, 0.15) is 27.9 Å². The van der Waals surface area contributed by atoms with Crippen molar-refractivity contribution < 1.29 is 23.1 Å². The molecule has 0 amide bonds. The van der Waals surface area contributed by atoms with Crippen LogP contribution in [0, 0.1) is 23.0 Å². The number of nitriles is 1. The van der Waals surface area contributed by atoms with Gasteiger partial charge in [0.2, 0.25) is 5.91 Å². The lowest BCUT2D eigenvalue weighted by molar-refractivity contribution is -0.135. The highest BCUT2D eigenvalue weighted by Crippen LogP contribution is 2.40. The zero-order valence-electron chi connectivity index (χ0n) is 17.3. The van der Waals surface area contributed by atoms with E-state index < -0.39 is 28.8 Å². The Morgan fingerprint density at radius 2 is 1.88 bits per heavy atom. The SMILES string of the molecule is CCOC(=O)C1=c2/c(=C/c3ccccc3F)c(N)c(C#N)n2C(=O)[C@@H](c2ccccc2F)S1. The highest BCUT2D eigenvalue weighted by molar-refractivity contribution is 8.10. The van der Waals surface area contributed by atoms with Gasteiger partial charge in [0.15, 0.2) is 5.69 Å². The largest absolute Gasteiger partial charge is 0.462 e. The molecule has 1 aliphatic heterocycles. The summed E-state index contributed by atoms with van der Waals surface area (Å²) in [6.45, 7) is 1.67. The van der Waals surface area contributed by atoms with Crippen molar-refractivity contribution in [1.82, 2.24) is 4.57 Å². The lowest BCUT2D eigenvalue weighted by Gasteiger charge is -2.23. The van der Waals surface area contributed by atoms with Gasteiger partial charge in [0.25, 0.3) is 0 Å². The van der Waals surface area contributed by atoms with Crippen LogP contribution >= 0.6 is 11.8 Å². The second-order valence-electron chi connectivity index (χ2n) is 7.04. The van der Waals surface area contributed by atoms with Gasteiger partial charge in [-0.25, -0.2) is 13.6 Å². The molecule has 0 aliphatic carbocycles. The Balaban J connectivity index is 2.10. The second-order valence-corrected chi connectivity index (χ2v) is 8.16. The average Bonchev–Trinajstić information content (AvgIpc) is 3.08. The Hall–Kier alpha value is -3.90. The van der Waals surface area contributed by atoms with Crippen LogP contribution in [0.5, 0.6) is 0 Å². The molecule has 2 heterocycles. The minimum Gasteiger partial charge on any atom is -0.462 e. The lowest BCUT2D eigenvalue weighted by atomic mass is 10.1. The van der Waals surface area contributed by atoms with Crippen LogP contribution in [0.3, 0.4) is 0 Å². The molecule has 0 unspecified atom stereocenters. The summed E-state index contributed by atoms with van der Waals surface area (Å²) in [4.78, 5) is 26.3. The zero-order valence-corrected chi connectivity index (χ0v) is 18.2. The number of rotatable bonds is 4. The van der Waals surface area contributed by atoms with Crippen molar-refractivity contribution in [3.8, 4) is 6.07 Å². The van der Waals surface area contributed by atoms with E-state index in [1.165, 1.54) is 42.5 Å². The Bertz CT molecular complexity index is 1460. The maximum atomic E-state index is 14.6. The number of benzene rings is 2. The van der Waals surface area contributed by atoms with Crippen molar-refractivity contribution in [2.24, 2.45) is 0 Å². The molecule has 0 fully saturated rings. The van der Waals surface area contributed by atoms with E-state index in [0.29, 0.717) is 0 Å². The molecule has 0 bridgehead atoms. The molecule has 3 aromatic rings. The molecule has 2 N–H and O–H groups in total. The molecule has 2 aromatic carbocycles. The summed E-state index contributed by atoms with van der Waals surface area (Å²) in [6.07, 6.45) is 1.37. The third kappa shape index (κ3) is 3.79. The number of hydrogen-bond donors (Lipinski definition) is 1. The number of carbonyl (C=O) groups excluding carboxylic acids is 2. The van der Waals surface area contributed by atoms with Crippen molar-refractivity contribution >= 4 is 40.3 Å². The number of hydrogen-bond acceptors (Lipinski definition) is 6. The number of carbonyl (C=O) groups is 2. The fourth-order valence-corrected chi connectivity index (χ4v) is 4.85. The molecule has 0 radical (unpaired) electrons. The van der Waals surface area contributed by atoms with Gasteiger partial charge in [-0.05, 0) is 25.1 Å². The van der Waals surface area contributed by atoms with Gasteiger partial charge in [0, 0.05) is 16.3 Å². The number of nitrogens with zero attached hydrogens (tertiary/aromatic N) is 2. The van der Waals surface area contributed by atoms with E-state index in [1.807, 2.05) is 6.07 Å². The van der Waals surface area contributed by atoms with Crippen molar-refractivity contribution in [3.05, 3.63) is 87.6 Å². The molecule has 166 valence electrons. The van der Waals surface area contributed by atoms with Crippen LogP contribution in [0.15, 0.2) is 48.5 Å². The van der Waals surface area contributed by atoms with Crippen LogP contribution in [0.4, 0.5) is 14.5 Å². The van der Waals surface area contributed by atoms with Crippen molar-refractivity contribution in [3.63, 3.8) is 0 Å². The highest BCUT2D eigenvalue weighted by Gasteiger charge is 2.37. The minimum atomic E-state index is -1.15. The Kier molecular flexibility index (Phi) is 6.03. The van der Waals surface area contributed by atoms with Crippen LogP contribution < -0.4 is 16.3 Å². The predicted octanol–water partition coefficient (Wildman–Crippen LogP) is 2.85. The number of aromatic nitrogens is 1. The van der Waals surface area contributed by atoms with E-state index in [0.717, 1.165) is 16.3 Å². The molecule has 0 spiro atoms. The molecule has 1 aromatic heterocycles. The monoisotopic (exact) mass is 465 g/mol. The highest BCUT2D eigenvalue weighted by atomic mass is 32.2. The standard InChI is InChI=1S/C24H17F2N3O3S/c1-2-32-24(31)22-20-15(11-13-7-3-5-9-16(13)25)19(28)18(12-27)29(20)23(30)21(33-22)14-8-4-6-10-17(14)26/h3-11,21H,2,28H2,1H3/b15-11+/t21-/m1/s1. The van der Waals surface area contributed by atoms with Crippen LogP contribution in [-0.4, -0.2) is 23.1 Å². The molecule has 9 heteroatoms. The first-order valence-corrected chi connectivity index (χ1v) is 10.8. The van der Waals surface area contributed by atoms with Gasteiger partial charge in [-0.3, -0.25) is 9.36 Å². The van der Waals surface area contributed by atoms with E-state index in [2.05, 4.69) is 0 Å². The average molecular weight is 465 g/mol. The maximum Gasteiger partial charge on any atom is 0.346 e. The molecule has 1 aliphatic rings. The van der Waals surface area contributed by atoms with E-state index in [4.69, 9.17) is 10.5 Å². The summed E-state index contributed by atoms with van der Waals surface area (Å²) in [5.74, 6) is -2.59. The summed E-state index contributed by atoms with van der Waals surface area (Å²) < 4.78 is 35.1. The van der Waals surface area contributed by atoms with Crippen LogP contribution in [0.25, 0.3) is 11.0 Å². The molecular formula is C24H17F2N3O3S. The van der Waals surface area contributed by atoms with Crippen LogP contribution in [0.1, 0.15) is 33.8 Å².